The number of nitrogens with one attached hydrogen (secondary N) is 2. The molecule has 0 saturated heterocycles. The lowest BCUT2D eigenvalue weighted by atomic mass is 10.2. The van der Waals surface area contributed by atoms with Crippen LogP contribution in [0.15, 0.2) is 33.5 Å². The van der Waals surface area contributed by atoms with Crippen molar-refractivity contribution in [2.75, 3.05) is 11.1 Å². The maximum atomic E-state index is 12.1. The number of H-pyrrole nitrogens is 1. The van der Waals surface area contributed by atoms with Gasteiger partial charge in [0.2, 0.25) is 5.91 Å². The SMILES string of the molecule is Cc1cc(Cl)ccc1NC(=O)CSc1nc2scc(C)c2c(=O)[nH]1. The topological polar surface area (TPSA) is 74.8 Å². The van der Waals surface area contributed by atoms with E-state index in [2.05, 4.69) is 15.3 Å². The lowest BCUT2D eigenvalue weighted by Crippen LogP contribution is -2.16. The van der Waals surface area contributed by atoms with Crippen molar-refractivity contribution in [3.63, 3.8) is 0 Å². The molecule has 0 aliphatic carbocycles. The van der Waals surface area contributed by atoms with E-state index in [1.54, 1.807) is 18.2 Å². The van der Waals surface area contributed by atoms with E-state index in [9.17, 15) is 9.59 Å². The standard InChI is InChI=1S/C16H14ClN3O2S2/c1-8-5-10(17)3-4-11(8)18-12(21)7-24-16-19-14(22)13-9(2)6-23-15(13)20-16/h3-6H,7H2,1-2H3,(H,18,21)(H,19,20,22). The third-order valence-corrected chi connectivity index (χ3v) is 5.51. The van der Waals surface area contributed by atoms with Crippen LogP contribution >= 0.6 is 34.7 Å². The van der Waals surface area contributed by atoms with Gasteiger partial charge in [-0.2, -0.15) is 0 Å². The van der Waals surface area contributed by atoms with Gasteiger partial charge in [0.05, 0.1) is 11.1 Å². The first-order chi connectivity index (χ1) is 11.4. The van der Waals surface area contributed by atoms with Crippen LogP contribution in [-0.4, -0.2) is 21.6 Å². The summed E-state index contributed by atoms with van der Waals surface area (Å²) in [6, 6.07) is 5.28. The van der Waals surface area contributed by atoms with Gasteiger partial charge in [0.1, 0.15) is 4.83 Å². The highest BCUT2D eigenvalue weighted by Gasteiger charge is 2.11. The van der Waals surface area contributed by atoms with E-state index in [-0.39, 0.29) is 17.2 Å². The summed E-state index contributed by atoms with van der Waals surface area (Å²) in [5.41, 5.74) is 2.35. The summed E-state index contributed by atoms with van der Waals surface area (Å²) in [7, 11) is 0. The molecule has 1 aromatic carbocycles. The first-order valence-corrected chi connectivity index (χ1v) is 9.35. The molecule has 0 fully saturated rings. The minimum absolute atomic E-state index is 0.154. The first kappa shape index (κ1) is 17.0. The summed E-state index contributed by atoms with van der Waals surface area (Å²) in [5.74, 6) is -0.0172. The number of benzene rings is 1. The number of aryl methyl sites for hydroxylation is 2. The lowest BCUT2D eigenvalue weighted by molar-refractivity contribution is -0.113. The molecule has 124 valence electrons. The highest BCUT2D eigenvalue weighted by Crippen LogP contribution is 2.23. The number of nitrogens with zero attached hydrogens (tertiary/aromatic N) is 1. The van der Waals surface area contributed by atoms with Gasteiger partial charge in [-0.1, -0.05) is 23.4 Å². The number of hydrogen-bond donors (Lipinski definition) is 2. The summed E-state index contributed by atoms with van der Waals surface area (Å²) < 4.78 is 0. The van der Waals surface area contributed by atoms with Crippen molar-refractivity contribution in [3.8, 4) is 0 Å². The van der Waals surface area contributed by atoms with E-state index in [1.165, 1.54) is 23.1 Å². The third-order valence-electron chi connectivity index (χ3n) is 3.41. The zero-order valence-electron chi connectivity index (χ0n) is 13.0. The molecular weight excluding hydrogens is 366 g/mol. The van der Waals surface area contributed by atoms with Gasteiger partial charge in [0, 0.05) is 10.7 Å². The van der Waals surface area contributed by atoms with Crippen molar-refractivity contribution in [3.05, 3.63) is 50.1 Å². The zero-order valence-corrected chi connectivity index (χ0v) is 15.4. The van der Waals surface area contributed by atoms with Gasteiger partial charge in [-0.25, -0.2) is 4.98 Å². The maximum Gasteiger partial charge on any atom is 0.260 e. The van der Waals surface area contributed by atoms with Gasteiger partial charge in [-0.15, -0.1) is 11.3 Å². The Labute approximate surface area is 151 Å². The molecule has 2 aromatic heterocycles. The number of thioether (sulfide) groups is 1. The Morgan fingerprint density at radius 2 is 2.17 bits per heavy atom. The molecule has 0 aliphatic heterocycles. The molecule has 0 spiro atoms. The number of anilines is 1. The van der Waals surface area contributed by atoms with Crippen LogP contribution in [0.5, 0.6) is 0 Å². The van der Waals surface area contributed by atoms with Crippen molar-refractivity contribution in [2.45, 2.75) is 19.0 Å². The monoisotopic (exact) mass is 379 g/mol. The average molecular weight is 380 g/mol. The number of aromatic amines is 1. The molecule has 0 saturated carbocycles. The minimum Gasteiger partial charge on any atom is -0.325 e. The van der Waals surface area contributed by atoms with E-state index in [0.29, 0.717) is 20.4 Å². The Morgan fingerprint density at radius 1 is 1.38 bits per heavy atom. The number of rotatable bonds is 4. The minimum atomic E-state index is -0.171. The summed E-state index contributed by atoms with van der Waals surface area (Å²) in [5, 5.41) is 6.41. The number of carbonyl (C=O) groups is 1. The third kappa shape index (κ3) is 3.63. The second-order valence-corrected chi connectivity index (χ2v) is 7.52. The van der Waals surface area contributed by atoms with Crippen LogP contribution in [0.4, 0.5) is 5.69 Å². The molecule has 3 rings (SSSR count). The molecule has 2 heterocycles. The molecule has 2 N–H and O–H groups in total. The Morgan fingerprint density at radius 3 is 2.92 bits per heavy atom. The fourth-order valence-electron chi connectivity index (χ4n) is 2.22. The molecule has 3 aromatic rings. The van der Waals surface area contributed by atoms with E-state index in [4.69, 9.17) is 11.6 Å². The highest BCUT2D eigenvalue weighted by molar-refractivity contribution is 7.99. The van der Waals surface area contributed by atoms with Crippen LogP contribution < -0.4 is 10.9 Å². The Hall–Kier alpha value is -1.83. The molecular formula is C16H14ClN3O2S2. The molecule has 0 unspecified atom stereocenters. The Bertz CT molecular complexity index is 981. The second kappa shape index (κ2) is 6.96. The van der Waals surface area contributed by atoms with Crippen molar-refractivity contribution >= 4 is 56.5 Å². The smallest absolute Gasteiger partial charge is 0.260 e. The first-order valence-electron chi connectivity index (χ1n) is 7.11. The van der Waals surface area contributed by atoms with Gasteiger partial charge in [-0.05, 0) is 48.6 Å². The fraction of sp³-hybridized carbons (Fsp3) is 0.188. The summed E-state index contributed by atoms with van der Waals surface area (Å²) in [6.45, 7) is 3.76. The average Bonchev–Trinajstić information content (AvgIpc) is 2.90. The number of carbonyl (C=O) groups excluding carboxylic acids is 1. The highest BCUT2D eigenvalue weighted by atomic mass is 35.5. The van der Waals surface area contributed by atoms with E-state index >= 15 is 0 Å². The van der Waals surface area contributed by atoms with Gasteiger partial charge >= 0.3 is 0 Å². The van der Waals surface area contributed by atoms with Crippen LogP contribution in [0, 0.1) is 13.8 Å². The fourth-order valence-corrected chi connectivity index (χ4v) is 4.09. The summed E-state index contributed by atoms with van der Waals surface area (Å²) in [4.78, 5) is 32.0. The predicted molar refractivity (Wildman–Crippen MR) is 101 cm³/mol. The number of halogens is 1. The Balaban J connectivity index is 1.69. The summed E-state index contributed by atoms with van der Waals surface area (Å²) in [6.07, 6.45) is 0. The normalized spacial score (nSPS) is 11.0. The van der Waals surface area contributed by atoms with Crippen LogP contribution in [-0.2, 0) is 4.79 Å². The second-order valence-electron chi connectivity index (χ2n) is 5.27. The van der Waals surface area contributed by atoms with E-state index in [0.717, 1.165) is 16.8 Å². The van der Waals surface area contributed by atoms with Crippen molar-refractivity contribution in [2.24, 2.45) is 0 Å². The lowest BCUT2D eigenvalue weighted by Gasteiger charge is -2.08. The number of thiophene rings is 1. The molecule has 0 bridgehead atoms. The van der Waals surface area contributed by atoms with Crippen LogP contribution in [0.1, 0.15) is 11.1 Å². The zero-order chi connectivity index (χ0) is 17.3. The molecule has 8 heteroatoms. The van der Waals surface area contributed by atoms with Crippen LogP contribution in [0.2, 0.25) is 5.02 Å². The van der Waals surface area contributed by atoms with Crippen molar-refractivity contribution in [1.82, 2.24) is 9.97 Å². The largest absolute Gasteiger partial charge is 0.325 e. The maximum absolute atomic E-state index is 12.1. The van der Waals surface area contributed by atoms with Gasteiger partial charge in [0.15, 0.2) is 5.16 Å². The van der Waals surface area contributed by atoms with Crippen molar-refractivity contribution < 1.29 is 4.79 Å². The quantitative estimate of drug-likeness (QED) is 0.531. The molecule has 24 heavy (non-hydrogen) atoms. The molecule has 0 aliphatic rings. The van der Waals surface area contributed by atoms with E-state index in [1.807, 2.05) is 19.2 Å². The van der Waals surface area contributed by atoms with E-state index < -0.39 is 0 Å². The number of amides is 1. The Kier molecular flexibility index (Phi) is 4.93. The molecule has 0 radical (unpaired) electrons. The van der Waals surface area contributed by atoms with Gasteiger partial charge < -0.3 is 10.3 Å². The molecule has 5 nitrogen and oxygen atoms in total. The molecule has 0 atom stereocenters. The van der Waals surface area contributed by atoms with Gasteiger partial charge in [-0.3, -0.25) is 9.59 Å². The van der Waals surface area contributed by atoms with Crippen LogP contribution in [0.3, 0.4) is 0 Å². The van der Waals surface area contributed by atoms with Crippen LogP contribution in [0.25, 0.3) is 10.2 Å². The number of hydrogen-bond acceptors (Lipinski definition) is 5. The number of fused-ring (bicyclic) bond motifs is 1. The number of aromatic nitrogens is 2. The van der Waals surface area contributed by atoms with Crippen molar-refractivity contribution in [1.29, 1.82) is 0 Å². The predicted octanol–water partition coefficient (Wildman–Crippen LogP) is 3.99. The summed E-state index contributed by atoms with van der Waals surface area (Å²) >= 11 is 8.52. The molecule has 1 amide bonds. The van der Waals surface area contributed by atoms with Gasteiger partial charge in [0.25, 0.3) is 5.56 Å².